The number of amides is 1. The third kappa shape index (κ3) is 5.55. The van der Waals surface area contributed by atoms with Gasteiger partial charge in [-0.25, -0.2) is 13.1 Å². The summed E-state index contributed by atoms with van der Waals surface area (Å²) in [6, 6.07) is 6.47. The van der Waals surface area contributed by atoms with E-state index in [2.05, 4.69) is 17.0 Å². The number of sulfonamides is 1. The molecule has 0 bridgehead atoms. The summed E-state index contributed by atoms with van der Waals surface area (Å²) in [5.74, 6) is 0.341. The lowest BCUT2D eigenvalue weighted by atomic mass is 9.96. The van der Waals surface area contributed by atoms with E-state index in [4.69, 9.17) is 4.74 Å². The van der Waals surface area contributed by atoms with Gasteiger partial charge in [-0.3, -0.25) is 4.79 Å². The second-order valence-electron chi connectivity index (χ2n) is 7.93. The number of carbonyl (C=O) groups is 1. The van der Waals surface area contributed by atoms with Crippen LogP contribution in [0.25, 0.3) is 0 Å². The lowest BCUT2D eigenvalue weighted by Gasteiger charge is -2.21. The van der Waals surface area contributed by atoms with Crippen molar-refractivity contribution in [1.82, 2.24) is 10.0 Å². The molecule has 0 spiro atoms. The van der Waals surface area contributed by atoms with E-state index in [-0.39, 0.29) is 29.5 Å². The molecule has 2 N–H and O–H groups in total. The fourth-order valence-electron chi connectivity index (χ4n) is 4.19. The Morgan fingerprint density at radius 1 is 1.21 bits per heavy atom. The maximum absolute atomic E-state index is 12.7. The first-order valence-electron chi connectivity index (χ1n) is 10.5. The van der Waals surface area contributed by atoms with Crippen LogP contribution in [0.15, 0.2) is 29.2 Å². The average molecular weight is 409 g/mol. The number of benzene rings is 1. The number of unbranched alkanes of at least 4 members (excludes halogenated alkanes) is 1. The van der Waals surface area contributed by atoms with E-state index in [1.54, 1.807) is 12.1 Å². The minimum Gasteiger partial charge on any atom is -0.377 e. The summed E-state index contributed by atoms with van der Waals surface area (Å²) in [5, 5.41) is 3.14. The number of hydrogen-bond donors (Lipinski definition) is 2. The topological polar surface area (TPSA) is 84.5 Å². The molecule has 1 amide bonds. The lowest BCUT2D eigenvalue weighted by Crippen LogP contribution is -2.37. The molecule has 3 atom stereocenters. The minimum absolute atomic E-state index is 0.0660. The van der Waals surface area contributed by atoms with Crippen LogP contribution in [0, 0.1) is 5.92 Å². The Morgan fingerprint density at radius 3 is 2.82 bits per heavy atom. The van der Waals surface area contributed by atoms with E-state index in [1.807, 2.05) is 0 Å². The van der Waals surface area contributed by atoms with Crippen LogP contribution in [-0.4, -0.2) is 39.6 Å². The Hall–Kier alpha value is -1.44. The molecule has 0 aromatic heterocycles. The van der Waals surface area contributed by atoms with Crippen LogP contribution in [0.1, 0.15) is 68.6 Å². The van der Waals surface area contributed by atoms with Gasteiger partial charge in [-0.2, -0.15) is 0 Å². The fourth-order valence-corrected chi connectivity index (χ4v) is 5.30. The molecule has 2 fully saturated rings. The summed E-state index contributed by atoms with van der Waals surface area (Å²) in [4.78, 5) is 12.8. The van der Waals surface area contributed by atoms with Gasteiger partial charge in [0.15, 0.2) is 0 Å². The molecule has 28 heavy (non-hydrogen) atoms. The molecular formula is C21H32N2O4S. The predicted octanol–water partition coefficient (Wildman–Crippen LogP) is 3.23. The Kier molecular flexibility index (Phi) is 7.48. The monoisotopic (exact) mass is 408 g/mol. The molecule has 1 saturated carbocycles. The van der Waals surface area contributed by atoms with Crippen molar-refractivity contribution < 1.29 is 17.9 Å². The third-order valence-corrected chi connectivity index (χ3v) is 7.26. The molecule has 6 nitrogen and oxygen atoms in total. The second-order valence-corrected chi connectivity index (χ2v) is 9.69. The summed E-state index contributed by atoms with van der Waals surface area (Å²) >= 11 is 0. The van der Waals surface area contributed by atoms with Crippen LogP contribution in [0.5, 0.6) is 0 Å². The SMILES string of the molecule is CCCCC1CCCC1NC(=O)c1cccc(S(=O)(=O)NCC2CCCO2)c1. The van der Waals surface area contributed by atoms with Gasteiger partial charge in [-0.1, -0.05) is 32.3 Å². The molecule has 2 aliphatic rings. The maximum Gasteiger partial charge on any atom is 0.251 e. The van der Waals surface area contributed by atoms with Crippen molar-refractivity contribution in [3.8, 4) is 0 Å². The smallest absolute Gasteiger partial charge is 0.251 e. The molecule has 7 heteroatoms. The van der Waals surface area contributed by atoms with Crippen LogP contribution < -0.4 is 10.0 Å². The first kappa shape index (κ1) is 21.3. The molecule has 1 aliphatic heterocycles. The summed E-state index contributed by atoms with van der Waals surface area (Å²) in [6.07, 6.45) is 8.55. The van der Waals surface area contributed by atoms with E-state index in [1.165, 1.54) is 18.6 Å². The molecular weight excluding hydrogens is 376 g/mol. The first-order chi connectivity index (χ1) is 13.5. The Labute approximate surface area is 168 Å². The van der Waals surface area contributed by atoms with Gasteiger partial charge in [-0.05, 0) is 56.2 Å². The van der Waals surface area contributed by atoms with Crippen LogP contribution in [0.2, 0.25) is 0 Å². The number of rotatable bonds is 9. The van der Waals surface area contributed by atoms with Gasteiger partial charge in [0.1, 0.15) is 0 Å². The van der Waals surface area contributed by atoms with Gasteiger partial charge in [-0.15, -0.1) is 0 Å². The van der Waals surface area contributed by atoms with E-state index >= 15 is 0 Å². The Morgan fingerprint density at radius 2 is 2.07 bits per heavy atom. The standard InChI is InChI=1S/C21H32N2O4S/c1-2-3-7-16-8-5-12-20(16)23-21(24)17-9-4-11-19(14-17)28(25,26)22-15-18-10-6-13-27-18/h4,9,11,14,16,18,20,22H,2-3,5-8,10,12-13,15H2,1H3,(H,23,24). The molecule has 0 radical (unpaired) electrons. The number of carbonyl (C=O) groups excluding carboxylic acids is 1. The van der Waals surface area contributed by atoms with Crippen molar-refractivity contribution in [2.24, 2.45) is 5.92 Å². The molecule has 1 aromatic rings. The highest BCUT2D eigenvalue weighted by Gasteiger charge is 2.28. The quantitative estimate of drug-likeness (QED) is 0.657. The van der Waals surface area contributed by atoms with Crippen molar-refractivity contribution in [2.75, 3.05) is 13.2 Å². The number of ether oxygens (including phenoxy) is 1. The van der Waals surface area contributed by atoms with Crippen molar-refractivity contribution >= 4 is 15.9 Å². The molecule has 1 aromatic carbocycles. The molecule has 1 aliphatic carbocycles. The second kappa shape index (κ2) is 9.85. The predicted molar refractivity (Wildman–Crippen MR) is 109 cm³/mol. The number of nitrogens with one attached hydrogen (secondary N) is 2. The first-order valence-corrected chi connectivity index (χ1v) is 12.0. The third-order valence-electron chi connectivity index (χ3n) is 5.84. The van der Waals surface area contributed by atoms with Crippen LogP contribution in [-0.2, 0) is 14.8 Å². The van der Waals surface area contributed by atoms with Crippen LogP contribution in [0.3, 0.4) is 0 Å². The highest BCUT2D eigenvalue weighted by atomic mass is 32.2. The lowest BCUT2D eigenvalue weighted by molar-refractivity contribution is 0.0926. The van der Waals surface area contributed by atoms with Gasteiger partial charge < -0.3 is 10.1 Å². The number of hydrogen-bond acceptors (Lipinski definition) is 4. The van der Waals surface area contributed by atoms with Crippen molar-refractivity contribution in [3.63, 3.8) is 0 Å². The van der Waals surface area contributed by atoms with Gasteiger partial charge in [0, 0.05) is 24.8 Å². The Balaban J connectivity index is 1.62. The van der Waals surface area contributed by atoms with Gasteiger partial charge in [0.05, 0.1) is 11.0 Å². The Bertz CT molecular complexity index is 759. The fraction of sp³-hybridized carbons (Fsp3) is 0.667. The van der Waals surface area contributed by atoms with Crippen LogP contribution >= 0.6 is 0 Å². The molecule has 156 valence electrons. The summed E-state index contributed by atoms with van der Waals surface area (Å²) in [5.41, 5.74) is 0.390. The van der Waals surface area contributed by atoms with E-state index in [0.717, 1.165) is 44.9 Å². The average Bonchev–Trinajstić information content (AvgIpc) is 3.37. The van der Waals surface area contributed by atoms with E-state index in [9.17, 15) is 13.2 Å². The molecule has 1 saturated heterocycles. The van der Waals surface area contributed by atoms with Gasteiger partial charge in [0.2, 0.25) is 10.0 Å². The summed E-state index contributed by atoms with van der Waals surface area (Å²) in [7, 11) is -3.66. The highest BCUT2D eigenvalue weighted by molar-refractivity contribution is 7.89. The normalized spacial score (nSPS) is 25.1. The summed E-state index contributed by atoms with van der Waals surface area (Å²) in [6.45, 7) is 3.13. The zero-order valence-corrected chi connectivity index (χ0v) is 17.5. The van der Waals surface area contributed by atoms with E-state index < -0.39 is 10.0 Å². The van der Waals surface area contributed by atoms with Gasteiger partial charge in [0.25, 0.3) is 5.91 Å². The molecule has 1 heterocycles. The van der Waals surface area contributed by atoms with E-state index in [0.29, 0.717) is 18.1 Å². The zero-order valence-electron chi connectivity index (χ0n) is 16.7. The molecule has 3 unspecified atom stereocenters. The largest absolute Gasteiger partial charge is 0.377 e. The maximum atomic E-state index is 12.7. The highest BCUT2D eigenvalue weighted by Crippen LogP contribution is 2.30. The zero-order chi connectivity index (χ0) is 20.0. The summed E-state index contributed by atoms with van der Waals surface area (Å²) < 4.78 is 33.2. The van der Waals surface area contributed by atoms with Crippen LogP contribution in [0.4, 0.5) is 0 Å². The van der Waals surface area contributed by atoms with Gasteiger partial charge >= 0.3 is 0 Å². The van der Waals surface area contributed by atoms with Crippen molar-refractivity contribution in [2.45, 2.75) is 75.3 Å². The minimum atomic E-state index is -3.66. The molecule has 3 rings (SSSR count). The van der Waals surface area contributed by atoms with Crippen molar-refractivity contribution in [1.29, 1.82) is 0 Å². The van der Waals surface area contributed by atoms with Crippen molar-refractivity contribution in [3.05, 3.63) is 29.8 Å².